The van der Waals surface area contributed by atoms with Crippen molar-refractivity contribution in [3.63, 3.8) is 0 Å². The topological polar surface area (TPSA) is 55.1 Å². The van der Waals surface area contributed by atoms with Crippen LogP contribution in [-0.4, -0.2) is 12.5 Å². The van der Waals surface area contributed by atoms with Gasteiger partial charge in [0.25, 0.3) is 5.91 Å². The Bertz CT molecular complexity index is 567. The fourth-order valence-corrected chi connectivity index (χ4v) is 1.93. The summed E-state index contributed by atoms with van der Waals surface area (Å²) in [6.45, 7) is 0.579. The first-order valence-electron chi connectivity index (χ1n) is 6.03. The predicted octanol–water partition coefficient (Wildman–Crippen LogP) is 2.89. The summed E-state index contributed by atoms with van der Waals surface area (Å²) in [5.74, 6) is -0.113. The zero-order chi connectivity index (χ0) is 13.7. The van der Waals surface area contributed by atoms with Crippen LogP contribution in [0.2, 0.25) is 5.02 Å². The van der Waals surface area contributed by atoms with Crippen molar-refractivity contribution in [2.24, 2.45) is 0 Å². The molecule has 0 atom stereocenters. The number of anilines is 1. The summed E-state index contributed by atoms with van der Waals surface area (Å²) in [6.07, 6.45) is 0.770. The second-order valence-electron chi connectivity index (χ2n) is 4.26. The van der Waals surface area contributed by atoms with Crippen molar-refractivity contribution in [3.8, 4) is 0 Å². The molecule has 3 nitrogen and oxygen atoms in total. The van der Waals surface area contributed by atoms with Crippen LogP contribution in [0.4, 0.5) is 5.69 Å². The van der Waals surface area contributed by atoms with E-state index >= 15 is 0 Å². The first-order valence-corrected chi connectivity index (χ1v) is 6.41. The molecule has 2 aromatic carbocycles. The summed E-state index contributed by atoms with van der Waals surface area (Å²) in [5, 5.41) is 3.42. The van der Waals surface area contributed by atoms with Crippen LogP contribution in [0.5, 0.6) is 0 Å². The summed E-state index contributed by atoms with van der Waals surface area (Å²) in [6, 6.07) is 14.5. The van der Waals surface area contributed by atoms with E-state index < -0.39 is 0 Å². The summed E-state index contributed by atoms with van der Waals surface area (Å²) in [5.41, 5.74) is 8.07. The fourth-order valence-electron chi connectivity index (χ4n) is 1.74. The standard InChI is InChI=1S/C15H15ClN2O/c16-13-3-1-2-12(10-13)15(19)18-9-8-11-4-6-14(17)7-5-11/h1-7,10H,8-9,17H2,(H,18,19). The van der Waals surface area contributed by atoms with Gasteiger partial charge in [-0.1, -0.05) is 29.8 Å². The molecule has 0 aliphatic carbocycles. The maximum absolute atomic E-state index is 11.9. The zero-order valence-electron chi connectivity index (χ0n) is 10.4. The van der Waals surface area contributed by atoms with Gasteiger partial charge in [-0.05, 0) is 42.3 Å². The second-order valence-corrected chi connectivity index (χ2v) is 4.69. The van der Waals surface area contributed by atoms with E-state index in [1.165, 1.54) is 0 Å². The summed E-state index contributed by atoms with van der Waals surface area (Å²) >= 11 is 5.84. The number of amides is 1. The highest BCUT2D eigenvalue weighted by Gasteiger charge is 2.04. The minimum Gasteiger partial charge on any atom is -0.399 e. The number of carbonyl (C=O) groups is 1. The molecular formula is C15H15ClN2O. The van der Waals surface area contributed by atoms with Crippen LogP contribution in [0.15, 0.2) is 48.5 Å². The summed E-state index contributed by atoms with van der Waals surface area (Å²) in [4.78, 5) is 11.9. The number of halogens is 1. The molecule has 0 radical (unpaired) electrons. The third kappa shape index (κ3) is 4.00. The molecule has 3 N–H and O–H groups in total. The Morgan fingerprint density at radius 3 is 2.58 bits per heavy atom. The molecule has 0 spiro atoms. The molecule has 98 valence electrons. The SMILES string of the molecule is Nc1ccc(CCNC(=O)c2cccc(Cl)c2)cc1. The van der Waals surface area contributed by atoms with E-state index in [-0.39, 0.29) is 5.91 Å². The molecule has 0 saturated carbocycles. The van der Waals surface area contributed by atoms with Gasteiger partial charge in [0, 0.05) is 22.8 Å². The van der Waals surface area contributed by atoms with Crippen molar-refractivity contribution in [1.82, 2.24) is 5.32 Å². The Kier molecular flexibility index (Phi) is 4.42. The van der Waals surface area contributed by atoms with Crippen molar-refractivity contribution in [3.05, 3.63) is 64.7 Å². The van der Waals surface area contributed by atoms with Crippen molar-refractivity contribution >= 4 is 23.2 Å². The van der Waals surface area contributed by atoms with Gasteiger partial charge >= 0.3 is 0 Å². The van der Waals surface area contributed by atoms with Crippen LogP contribution in [0.3, 0.4) is 0 Å². The average Bonchev–Trinajstić information content (AvgIpc) is 2.41. The van der Waals surface area contributed by atoms with E-state index in [9.17, 15) is 4.79 Å². The van der Waals surface area contributed by atoms with Gasteiger partial charge in [-0.15, -0.1) is 0 Å². The highest BCUT2D eigenvalue weighted by Crippen LogP contribution is 2.10. The molecule has 0 unspecified atom stereocenters. The number of hydrogen-bond acceptors (Lipinski definition) is 2. The normalized spacial score (nSPS) is 10.2. The lowest BCUT2D eigenvalue weighted by molar-refractivity contribution is 0.0954. The lowest BCUT2D eigenvalue weighted by Crippen LogP contribution is -2.25. The summed E-state index contributed by atoms with van der Waals surface area (Å²) < 4.78 is 0. The fraction of sp³-hybridized carbons (Fsp3) is 0.133. The molecular weight excluding hydrogens is 260 g/mol. The van der Waals surface area contributed by atoms with Crippen LogP contribution >= 0.6 is 11.6 Å². The van der Waals surface area contributed by atoms with E-state index in [1.807, 2.05) is 24.3 Å². The van der Waals surface area contributed by atoms with Gasteiger partial charge in [0.2, 0.25) is 0 Å². The van der Waals surface area contributed by atoms with E-state index in [4.69, 9.17) is 17.3 Å². The van der Waals surface area contributed by atoms with Gasteiger partial charge in [-0.3, -0.25) is 4.79 Å². The van der Waals surface area contributed by atoms with Crippen LogP contribution in [0.1, 0.15) is 15.9 Å². The monoisotopic (exact) mass is 274 g/mol. The van der Waals surface area contributed by atoms with E-state index in [1.54, 1.807) is 24.3 Å². The number of rotatable bonds is 4. The molecule has 19 heavy (non-hydrogen) atoms. The van der Waals surface area contributed by atoms with Gasteiger partial charge in [0.05, 0.1) is 0 Å². The third-order valence-corrected chi connectivity index (χ3v) is 3.00. The van der Waals surface area contributed by atoms with E-state index in [0.29, 0.717) is 17.1 Å². The molecule has 1 amide bonds. The van der Waals surface area contributed by atoms with Crippen molar-refractivity contribution in [2.45, 2.75) is 6.42 Å². The molecule has 2 aromatic rings. The Hall–Kier alpha value is -2.00. The van der Waals surface area contributed by atoms with Crippen molar-refractivity contribution in [1.29, 1.82) is 0 Å². The highest BCUT2D eigenvalue weighted by molar-refractivity contribution is 6.30. The molecule has 0 aromatic heterocycles. The van der Waals surface area contributed by atoms with Gasteiger partial charge in [-0.2, -0.15) is 0 Å². The number of hydrogen-bond donors (Lipinski definition) is 2. The number of nitrogens with two attached hydrogens (primary N) is 1. The largest absolute Gasteiger partial charge is 0.399 e. The average molecular weight is 275 g/mol. The molecule has 2 rings (SSSR count). The second kappa shape index (κ2) is 6.25. The van der Waals surface area contributed by atoms with Gasteiger partial charge in [0.15, 0.2) is 0 Å². The minimum absolute atomic E-state index is 0.113. The van der Waals surface area contributed by atoms with Crippen LogP contribution < -0.4 is 11.1 Å². The van der Waals surface area contributed by atoms with E-state index in [0.717, 1.165) is 17.7 Å². The number of carbonyl (C=O) groups excluding carboxylic acids is 1. The predicted molar refractivity (Wildman–Crippen MR) is 78.3 cm³/mol. The Balaban J connectivity index is 1.86. The molecule has 0 aliphatic heterocycles. The maximum atomic E-state index is 11.9. The third-order valence-electron chi connectivity index (χ3n) is 2.77. The molecule has 0 bridgehead atoms. The van der Waals surface area contributed by atoms with Crippen molar-refractivity contribution in [2.75, 3.05) is 12.3 Å². The van der Waals surface area contributed by atoms with Crippen LogP contribution in [0.25, 0.3) is 0 Å². The lowest BCUT2D eigenvalue weighted by Gasteiger charge is -2.06. The van der Waals surface area contributed by atoms with E-state index in [2.05, 4.69) is 5.32 Å². The van der Waals surface area contributed by atoms with Crippen LogP contribution in [0, 0.1) is 0 Å². The molecule has 0 saturated heterocycles. The number of benzene rings is 2. The molecule has 0 fully saturated rings. The summed E-state index contributed by atoms with van der Waals surface area (Å²) in [7, 11) is 0. The smallest absolute Gasteiger partial charge is 0.251 e. The number of nitrogen functional groups attached to an aromatic ring is 1. The van der Waals surface area contributed by atoms with Gasteiger partial charge < -0.3 is 11.1 Å². The maximum Gasteiger partial charge on any atom is 0.251 e. The van der Waals surface area contributed by atoms with Crippen molar-refractivity contribution < 1.29 is 4.79 Å². The zero-order valence-corrected chi connectivity index (χ0v) is 11.2. The highest BCUT2D eigenvalue weighted by atomic mass is 35.5. The number of nitrogens with one attached hydrogen (secondary N) is 1. The molecule has 0 heterocycles. The quantitative estimate of drug-likeness (QED) is 0.843. The Morgan fingerprint density at radius 1 is 1.16 bits per heavy atom. The Morgan fingerprint density at radius 2 is 1.89 bits per heavy atom. The lowest BCUT2D eigenvalue weighted by atomic mass is 10.1. The molecule has 4 heteroatoms. The van der Waals surface area contributed by atoms with Gasteiger partial charge in [-0.25, -0.2) is 0 Å². The first-order chi connectivity index (χ1) is 9.15. The van der Waals surface area contributed by atoms with Gasteiger partial charge in [0.1, 0.15) is 0 Å². The first kappa shape index (κ1) is 13.4. The minimum atomic E-state index is -0.113. The molecule has 0 aliphatic rings. The Labute approximate surface area is 117 Å². The van der Waals surface area contributed by atoms with Crippen LogP contribution in [-0.2, 0) is 6.42 Å².